The number of ketones is 1. The maximum Gasteiger partial charge on any atom is 0.139 e. The van der Waals surface area contributed by atoms with Crippen molar-refractivity contribution < 1.29 is 4.79 Å². The first kappa shape index (κ1) is 23.8. The van der Waals surface area contributed by atoms with E-state index in [-0.39, 0.29) is 23.3 Å². The highest BCUT2D eigenvalue weighted by Crippen LogP contribution is 2.55. The van der Waals surface area contributed by atoms with Gasteiger partial charge < -0.3 is 10.3 Å². The number of carbonyl (C=O) groups excluding carboxylic acids is 1. The first-order valence-electron chi connectivity index (χ1n) is 13.5. The van der Waals surface area contributed by atoms with Crippen LogP contribution in [-0.2, 0) is 11.2 Å². The van der Waals surface area contributed by atoms with Gasteiger partial charge in [-0.2, -0.15) is 0 Å². The van der Waals surface area contributed by atoms with Gasteiger partial charge in [0, 0.05) is 29.1 Å². The largest absolute Gasteiger partial charge is 0.376 e. The number of benzene rings is 3. The third kappa shape index (κ3) is 4.01. The Kier molecular flexibility index (Phi) is 5.63. The number of H-pyrrole nitrogens is 1. The molecule has 3 heteroatoms. The van der Waals surface area contributed by atoms with Gasteiger partial charge in [-0.1, -0.05) is 81.5 Å². The molecule has 2 heterocycles. The van der Waals surface area contributed by atoms with Crippen molar-refractivity contribution in [2.45, 2.75) is 58.9 Å². The number of allylic oxidation sites excluding steroid dienone is 1. The summed E-state index contributed by atoms with van der Waals surface area (Å²) in [5.41, 5.74) is 9.44. The Morgan fingerprint density at radius 3 is 2.65 bits per heavy atom. The molecule has 6 rings (SSSR count). The molecule has 0 radical (unpaired) electrons. The minimum absolute atomic E-state index is 0.00366. The predicted molar refractivity (Wildman–Crippen MR) is 155 cm³/mol. The van der Waals surface area contributed by atoms with Crippen LogP contribution in [0, 0.1) is 11.3 Å². The van der Waals surface area contributed by atoms with Crippen molar-refractivity contribution in [1.82, 2.24) is 4.98 Å². The van der Waals surface area contributed by atoms with E-state index in [1.165, 1.54) is 33.0 Å². The molecule has 37 heavy (non-hydrogen) atoms. The van der Waals surface area contributed by atoms with E-state index in [1.807, 2.05) is 0 Å². The Hall–Kier alpha value is -3.59. The highest BCUT2D eigenvalue weighted by Gasteiger charge is 2.49. The SMILES string of the molecule is C=C(C)c1ccc(-c2ccc(C3Nc4ccc5ccccc5c4C4CC(C)(C)CC(=O)C43)[nH]2)c(CC)c1. The number of aryl methyl sites for hydroxylation is 1. The fourth-order valence-electron chi connectivity index (χ4n) is 6.82. The number of Topliss-reactive ketones (excluding diaryl/α,β-unsaturated/α-hetero) is 1. The van der Waals surface area contributed by atoms with E-state index in [1.54, 1.807) is 0 Å². The van der Waals surface area contributed by atoms with Crippen LogP contribution in [0.4, 0.5) is 5.69 Å². The zero-order chi connectivity index (χ0) is 25.9. The first-order chi connectivity index (χ1) is 17.8. The van der Waals surface area contributed by atoms with Gasteiger partial charge in [0.25, 0.3) is 0 Å². The van der Waals surface area contributed by atoms with Crippen molar-refractivity contribution in [3.8, 4) is 11.3 Å². The number of hydrogen-bond acceptors (Lipinski definition) is 2. The highest BCUT2D eigenvalue weighted by atomic mass is 16.1. The number of hydrogen-bond donors (Lipinski definition) is 2. The molecule has 3 unspecified atom stereocenters. The van der Waals surface area contributed by atoms with Crippen LogP contribution in [0.1, 0.15) is 74.9 Å². The summed E-state index contributed by atoms with van der Waals surface area (Å²) in [6, 6.07) is 23.9. The minimum atomic E-state index is -0.0886. The Bertz CT molecular complexity index is 1540. The van der Waals surface area contributed by atoms with Gasteiger partial charge in [-0.15, -0.1) is 0 Å². The second-order valence-corrected chi connectivity index (χ2v) is 11.8. The van der Waals surface area contributed by atoms with Crippen LogP contribution in [0.3, 0.4) is 0 Å². The predicted octanol–water partition coefficient (Wildman–Crippen LogP) is 8.69. The number of carbonyl (C=O) groups is 1. The lowest BCUT2D eigenvalue weighted by molar-refractivity contribution is -0.129. The summed E-state index contributed by atoms with van der Waals surface area (Å²) in [5, 5.41) is 6.32. The molecule has 0 saturated heterocycles. The van der Waals surface area contributed by atoms with E-state index in [0.717, 1.165) is 35.5 Å². The number of aromatic nitrogens is 1. The summed E-state index contributed by atoms with van der Waals surface area (Å²) in [7, 11) is 0. The fourth-order valence-corrected chi connectivity index (χ4v) is 6.82. The molecular formula is C34H36N2O. The molecule has 2 aliphatic rings. The lowest BCUT2D eigenvalue weighted by atomic mass is 9.60. The quantitative estimate of drug-likeness (QED) is 0.302. The summed E-state index contributed by atoms with van der Waals surface area (Å²) in [5.74, 6) is 0.471. The van der Waals surface area contributed by atoms with Crippen molar-refractivity contribution in [2.24, 2.45) is 11.3 Å². The van der Waals surface area contributed by atoms with E-state index in [2.05, 4.69) is 111 Å². The van der Waals surface area contributed by atoms with Crippen LogP contribution in [0.15, 0.2) is 73.3 Å². The molecule has 2 N–H and O–H groups in total. The molecule has 188 valence electrons. The normalized spacial score (nSPS) is 22.3. The maximum absolute atomic E-state index is 13.8. The molecule has 3 atom stereocenters. The van der Waals surface area contributed by atoms with Crippen LogP contribution in [0.5, 0.6) is 0 Å². The van der Waals surface area contributed by atoms with Gasteiger partial charge in [-0.05, 0) is 76.8 Å². The number of anilines is 1. The zero-order valence-electron chi connectivity index (χ0n) is 22.3. The van der Waals surface area contributed by atoms with Gasteiger partial charge in [-0.3, -0.25) is 4.79 Å². The van der Waals surface area contributed by atoms with E-state index in [4.69, 9.17) is 0 Å². The van der Waals surface area contributed by atoms with Crippen molar-refractivity contribution >= 4 is 27.8 Å². The van der Waals surface area contributed by atoms with Crippen molar-refractivity contribution in [1.29, 1.82) is 0 Å². The molecule has 1 saturated carbocycles. The number of rotatable bonds is 4. The Labute approximate surface area is 220 Å². The van der Waals surface area contributed by atoms with Gasteiger partial charge in [-0.25, -0.2) is 0 Å². The molecule has 3 aromatic carbocycles. The summed E-state index contributed by atoms with van der Waals surface area (Å²) in [4.78, 5) is 17.5. The average Bonchev–Trinajstić information content (AvgIpc) is 3.36. The second-order valence-electron chi connectivity index (χ2n) is 11.8. The van der Waals surface area contributed by atoms with E-state index in [9.17, 15) is 4.79 Å². The van der Waals surface area contributed by atoms with Gasteiger partial charge in [0.2, 0.25) is 0 Å². The van der Waals surface area contributed by atoms with Crippen molar-refractivity contribution in [3.05, 3.63) is 95.7 Å². The molecule has 1 aliphatic heterocycles. The lowest BCUT2D eigenvalue weighted by Crippen LogP contribution is -2.44. The Balaban J connectivity index is 1.45. The number of fused-ring (bicyclic) bond motifs is 5. The van der Waals surface area contributed by atoms with Gasteiger partial charge in [0.1, 0.15) is 5.78 Å². The van der Waals surface area contributed by atoms with E-state index < -0.39 is 0 Å². The molecule has 0 bridgehead atoms. The molecule has 1 aliphatic carbocycles. The third-order valence-electron chi connectivity index (χ3n) is 8.55. The summed E-state index contributed by atoms with van der Waals surface area (Å²) in [6.07, 6.45) is 2.59. The molecule has 0 spiro atoms. The first-order valence-corrected chi connectivity index (χ1v) is 13.5. The molecular weight excluding hydrogens is 452 g/mol. The minimum Gasteiger partial charge on any atom is -0.376 e. The molecule has 0 amide bonds. The van der Waals surface area contributed by atoms with Crippen molar-refractivity contribution in [3.63, 3.8) is 0 Å². The van der Waals surface area contributed by atoms with Gasteiger partial charge >= 0.3 is 0 Å². The number of aromatic amines is 1. The van der Waals surface area contributed by atoms with Crippen LogP contribution in [-0.4, -0.2) is 10.8 Å². The monoisotopic (exact) mass is 488 g/mol. The summed E-state index contributed by atoms with van der Waals surface area (Å²) >= 11 is 0. The van der Waals surface area contributed by atoms with Gasteiger partial charge in [0.05, 0.1) is 12.0 Å². The smallest absolute Gasteiger partial charge is 0.139 e. The van der Waals surface area contributed by atoms with Crippen LogP contribution in [0.25, 0.3) is 27.6 Å². The zero-order valence-corrected chi connectivity index (χ0v) is 22.3. The maximum atomic E-state index is 13.8. The molecule has 1 aromatic heterocycles. The fraction of sp³-hybridized carbons (Fsp3) is 0.324. The third-order valence-corrected chi connectivity index (χ3v) is 8.55. The molecule has 3 nitrogen and oxygen atoms in total. The van der Waals surface area contributed by atoms with Crippen LogP contribution < -0.4 is 5.32 Å². The summed E-state index contributed by atoms with van der Waals surface area (Å²) in [6.45, 7) is 12.9. The average molecular weight is 489 g/mol. The standard InChI is InChI=1S/C34H36N2O/c1-6-21-17-23(20(2)3)11-13-24(21)27-15-16-29(35-27)33-32-26(18-34(4,5)19-30(32)37)31-25-10-8-7-9-22(25)12-14-28(31)36-33/h7-17,26,32-33,35-36H,2,6,18-19H2,1,3-5H3. The van der Waals surface area contributed by atoms with E-state index >= 15 is 0 Å². The molecule has 4 aromatic rings. The second kappa shape index (κ2) is 8.76. The highest BCUT2D eigenvalue weighted by molar-refractivity contribution is 5.94. The lowest BCUT2D eigenvalue weighted by Gasteiger charge is -2.47. The Morgan fingerprint density at radius 1 is 1.05 bits per heavy atom. The van der Waals surface area contributed by atoms with Gasteiger partial charge in [0.15, 0.2) is 0 Å². The number of nitrogens with one attached hydrogen (secondary N) is 2. The van der Waals surface area contributed by atoms with Crippen LogP contribution >= 0.6 is 0 Å². The summed E-state index contributed by atoms with van der Waals surface area (Å²) < 4.78 is 0. The van der Waals surface area contributed by atoms with Crippen LogP contribution in [0.2, 0.25) is 0 Å². The topological polar surface area (TPSA) is 44.9 Å². The molecule has 1 fully saturated rings. The van der Waals surface area contributed by atoms with Crippen molar-refractivity contribution in [2.75, 3.05) is 5.32 Å². The van der Waals surface area contributed by atoms with E-state index in [0.29, 0.717) is 12.2 Å². The Morgan fingerprint density at radius 2 is 1.86 bits per heavy atom.